The van der Waals surface area contributed by atoms with E-state index in [0.29, 0.717) is 6.42 Å². The lowest BCUT2D eigenvalue weighted by Crippen LogP contribution is -1.92. The zero-order chi connectivity index (χ0) is 8.81. The smallest absolute Gasteiger partial charge is 0.199 e. The van der Waals surface area contributed by atoms with Crippen molar-refractivity contribution in [1.29, 1.82) is 0 Å². The van der Waals surface area contributed by atoms with Gasteiger partial charge >= 0.3 is 0 Å². The first-order valence-electron chi connectivity index (χ1n) is 3.71. The van der Waals surface area contributed by atoms with E-state index in [2.05, 4.69) is 11.7 Å². The molecule has 1 aromatic rings. The van der Waals surface area contributed by atoms with Crippen molar-refractivity contribution in [3.8, 4) is 0 Å². The predicted octanol–water partition coefficient (Wildman–Crippen LogP) is 2.72. The molecule has 64 valence electrons. The first kappa shape index (κ1) is 9.68. The van der Waals surface area contributed by atoms with Crippen molar-refractivity contribution in [1.82, 2.24) is 0 Å². The molecule has 0 heterocycles. The lowest BCUT2D eigenvalue weighted by Gasteiger charge is -1.97. The Hall–Kier alpha value is -0.410. The lowest BCUT2D eigenvalue weighted by atomic mass is 10.1. The third-order valence-corrected chi connectivity index (χ3v) is 2.58. The van der Waals surface area contributed by atoms with E-state index >= 15 is 0 Å². The van der Waals surface area contributed by atoms with Crippen LogP contribution in [0.4, 0.5) is 0 Å². The first-order chi connectivity index (χ1) is 5.83. The van der Waals surface area contributed by atoms with Gasteiger partial charge < -0.3 is 0 Å². The van der Waals surface area contributed by atoms with E-state index in [0.717, 1.165) is 17.2 Å². The van der Waals surface area contributed by atoms with Crippen LogP contribution in [0.25, 0.3) is 0 Å². The summed E-state index contributed by atoms with van der Waals surface area (Å²) < 4.78 is 0. The van der Waals surface area contributed by atoms with Gasteiger partial charge in [0.1, 0.15) is 0 Å². The highest BCUT2D eigenvalue weighted by Crippen LogP contribution is 2.12. The third-order valence-electron chi connectivity index (χ3n) is 1.56. The fourth-order valence-corrected chi connectivity index (χ4v) is 1.40. The molecule has 1 rings (SSSR count). The second-order valence-corrected chi connectivity index (χ2v) is 3.63. The molecule has 0 fully saturated rings. The van der Waals surface area contributed by atoms with Crippen molar-refractivity contribution in [2.24, 2.45) is 0 Å². The molecule has 12 heavy (non-hydrogen) atoms. The number of aryl methyl sites for hydroxylation is 1. The van der Waals surface area contributed by atoms with Crippen LogP contribution in [0.1, 0.15) is 12.0 Å². The van der Waals surface area contributed by atoms with Crippen molar-refractivity contribution < 1.29 is 4.79 Å². The van der Waals surface area contributed by atoms with Crippen LogP contribution in [0.2, 0.25) is 0 Å². The molecule has 0 spiro atoms. The SMILES string of the molecule is O=C(CCc1ccccc1)SS. The van der Waals surface area contributed by atoms with Gasteiger partial charge in [0.25, 0.3) is 0 Å². The van der Waals surface area contributed by atoms with Crippen LogP contribution >= 0.6 is 22.5 Å². The van der Waals surface area contributed by atoms with Crippen LogP contribution in [0.5, 0.6) is 0 Å². The van der Waals surface area contributed by atoms with Crippen LogP contribution in [0.15, 0.2) is 30.3 Å². The second kappa shape index (κ2) is 5.27. The first-order valence-corrected chi connectivity index (χ1v) is 5.58. The number of rotatable bonds is 3. The number of hydrogen-bond donors (Lipinski definition) is 1. The largest absolute Gasteiger partial charge is 0.286 e. The second-order valence-electron chi connectivity index (χ2n) is 2.45. The third kappa shape index (κ3) is 3.32. The van der Waals surface area contributed by atoms with Gasteiger partial charge in [0.2, 0.25) is 0 Å². The Morgan fingerprint density at radius 2 is 2.00 bits per heavy atom. The molecule has 0 aliphatic carbocycles. The van der Waals surface area contributed by atoms with E-state index < -0.39 is 0 Å². The van der Waals surface area contributed by atoms with Crippen molar-refractivity contribution in [3.05, 3.63) is 35.9 Å². The maximum atomic E-state index is 10.9. The van der Waals surface area contributed by atoms with Crippen molar-refractivity contribution in [3.63, 3.8) is 0 Å². The van der Waals surface area contributed by atoms with Gasteiger partial charge in [-0.15, -0.1) is 11.7 Å². The minimum atomic E-state index is 0.127. The summed E-state index contributed by atoms with van der Waals surface area (Å²) in [4.78, 5) is 10.9. The molecule has 0 N–H and O–H groups in total. The minimum Gasteiger partial charge on any atom is -0.286 e. The average Bonchev–Trinajstić information content (AvgIpc) is 2.16. The van der Waals surface area contributed by atoms with Crippen molar-refractivity contribution in [2.75, 3.05) is 0 Å². The van der Waals surface area contributed by atoms with Crippen LogP contribution in [-0.4, -0.2) is 5.12 Å². The van der Waals surface area contributed by atoms with E-state index in [1.807, 2.05) is 30.3 Å². The van der Waals surface area contributed by atoms with E-state index in [9.17, 15) is 4.79 Å². The molecule has 0 saturated carbocycles. The Morgan fingerprint density at radius 3 is 2.58 bits per heavy atom. The summed E-state index contributed by atoms with van der Waals surface area (Å²) in [7, 11) is 1.000. The summed E-state index contributed by atoms with van der Waals surface area (Å²) in [6, 6.07) is 9.98. The maximum absolute atomic E-state index is 10.9. The van der Waals surface area contributed by atoms with Gasteiger partial charge in [-0.05, 0) is 22.8 Å². The summed E-state index contributed by atoms with van der Waals surface area (Å²) in [5.74, 6) is 0. The van der Waals surface area contributed by atoms with E-state index in [-0.39, 0.29) is 5.12 Å². The molecule has 0 saturated heterocycles. The summed E-state index contributed by atoms with van der Waals surface area (Å²) in [6.45, 7) is 0. The summed E-state index contributed by atoms with van der Waals surface area (Å²) >= 11 is 3.83. The predicted molar refractivity (Wildman–Crippen MR) is 56.3 cm³/mol. The molecule has 0 aliphatic rings. The van der Waals surface area contributed by atoms with Crippen LogP contribution in [0, 0.1) is 0 Å². The molecule has 0 bridgehead atoms. The average molecular weight is 198 g/mol. The Labute approximate surface area is 81.4 Å². The standard InChI is InChI=1S/C9H10OS2/c10-9(12-11)7-6-8-4-2-1-3-5-8/h1-5,11H,6-7H2. The maximum Gasteiger partial charge on any atom is 0.199 e. The normalized spacial score (nSPS) is 9.75. The van der Waals surface area contributed by atoms with Gasteiger partial charge in [-0.25, -0.2) is 0 Å². The zero-order valence-electron chi connectivity index (χ0n) is 6.56. The van der Waals surface area contributed by atoms with E-state index in [1.165, 1.54) is 5.56 Å². The highest BCUT2D eigenvalue weighted by molar-refractivity contribution is 8.74. The van der Waals surface area contributed by atoms with Gasteiger partial charge in [0, 0.05) is 6.42 Å². The van der Waals surface area contributed by atoms with Gasteiger partial charge in [-0.3, -0.25) is 4.79 Å². The molecule has 0 amide bonds. The molecule has 3 heteroatoms. The Bertz CT molecular complexity index is 246. The molecule has 1 nitrogen and oxygen atoms in total. The molecule has 0 atom stereocenters. The summed E-state index contributed by atoms with van der Waals surface area (Å²) in [5, 5.41) is 0.127. The molecule has 1 aromatic carbocycles. The van der Waals surface area contributed by atoms with Gasteiger partial charge in [0.05, 0.1) is 0 Å². The highest BCUT2D eigenvalue weighted by atomic mass is 33.1. The number of hydrogen-bond acceptors (Lipinski definition) is 3. The number of carbonyl (C=O) groups is 1. The monoisotopic (exact) mass is 198 g/mol. The molecule has 0 radical (unpaired) electrons. The molecular weight excluding hydrogens is 188 g/mol. The zero-order valence-corrected chi connectivity index (χ0v) is 8.28. The number of benzene rings is 1. The fraction of sp³-hybridized carbons (Fsp3) is 0.222. The van der Waals surface area contributed by atoms with Gasteiger partial charge in [0.15, 0.2) is 5.12 Å². The van der Waals surface area contributed by atoms with Gasteiger partial charge in [-0.1, -0.05) is 30.3 Å². The quantitative estimate of drug-likeness (QED) is 0.594. The van der Waals surface area contributed by atoms with Crippen LogP contribution < -0.4 is 0 Å². The molecule has 0 unspecified atom stereocenters. The Morgan fingerprint density at radius 1 is 1.33 bits per heavy atom. The van der Waals surface area contributed by atoms with Crippen molar-refractivity contribution in [2.45, 2.75) is 12.8 Å². The minimum absolute atomic E-state index is 0.127. The topological polar surface area (TPSA) is 17.1 Å². The number of thiol groups is 1. The lowest BCUT2D eigenvalue weighted by molar-refractivity contribution is -0.110. The van der Waals surface area contributed by atoms with Gasteiger partial charge in [-0.2, -0.15) is 0 Å². The summed E-state index contributed by atoms with van der Waals surface area (Å²) in [6.07, 6.45) is 1.38. The van der Waals surface area contributed by atoms with Crippen molar-refractivity contribution >= 4 is 27.6 Å². The number of carbonyl (C=O) groups excluding carboxylic acids is 1. The molecule has 0 aromatic heterocycles. The van der Waals surface area contributed by atoms with E-state index in [4.69, 9.17) is 0 Å². The fourth-order valence-electron chi connectivity index (χ4n) is 0.937. The summed E-state index contributed by atoms with van der Waals surface area (Å²) in [5.41, 5.74) is 1.20. The molecule has 0 aliphatic heterocycles. The van der Waals surface area contributed by atoms with Crippen LogP contribution in [0.3, 0.4) is 0 Å². The van der Waals surface area contributed by atoms with E-state index in [1.54, 1.807) is 0 Å². The molecular formula is C9H10OS2. The highest BCUT2D eigenvalue weighted by Gasteiger charge is 1.99. The Kier molecular flexibility index (Phi) is 4.25. The van der Waals surface area contributed by atoms with Crippen LogP contribution in [-0.2, 0) is 11.2 Å². The Balaban J connectivity index is 2.38.